The van der Waals surface area contributed by atoms with Crippen molar-refractivity contribution >= 4 is 21.7 Å². The van der Waals surface area contributed by atoms with Gasteiger partial charge in [0.2, 0.25) is 5.91 Å². The standard InChI is InChI=1S/C19H29N3O4S/c1-4-20(5-2)10-9-18(23)21-11-13-22(14-12-21)19(24)16-7-6-8-17(15-16)27(3,25)26/h6-8,15H,4-5,9-14H2,1-3H3. The van der Waals surface area contributed by atoms with E-state index < -0.39 is 9.84 Å². The summed E-state index contributed by atoms with van der Waals surface area (Å²) in [6, 6.07) is 6.10. The van der Waals surface area contributed by atoms with Gasteiger partial charge in [-0.25, -0.2) is 8.42 Å². The number of nitrogens with zero attached hydrogens (tertiary/aromatic N) is 3. The maximum atomic E-state index is 12.7. The van der Waals surface area contributed by atoms with Crippen LogP contribution in [0.4, 0.5) is 0 Å². The minimum Gasteiger partial charge on any atom is -0.339 e. The molecule has 0 atom stereocenters. The van der Waals surface area contributed by atoms with Gasteiger partial charge < -0.3 is 14.7 Å². The van der Waals surface area contributed by atoms with Crippen molar-refractivity contribution in [1.82, 2.24) is 14.7 Å². The molecule has 0 radical (unpaired) electrons. The lowest BCUT2D eigenvalue weighted by atomic mass is 10.1. The minimum atomic E-state index is -3.36. The summed E-state index contributed by atoms with van der Waals surface area (Å²) < 4.78 is 23.4. The van der Waals surface area contributed by atoms with Crippen molar-refractivity contribution in [2.45, 2.75) is 25.2 Å². The van der Waals surface area contributed by atoms with E-state index in [9.17, 15) is 18.0 Å². The molecule has 0 bridgehead atoms. The van der Waals surface area contributed by atoms with E-state index in [1.165, 1.54) is 12.1 Å². The van der Waals surface area contributed by atoms with Crippen molar-refractivity contribution in [1.29, 1.82) is 0 Å². The average molecular weight is 396 g/mol. The summed E-state index contributed by atoms with van der Waals surface area (Å²) in [5.74, 6) is -0.0798. The molecule has 1 aliphatic rings. The van der Waals surface area contributed by atoms with Crippen LogP contribution in [0.15, 0.2) is 29.2 Å². The average Bonchev–Trinajstić information content (AvgIpc) is 2.67. The van der Waals surface area contributed by atoms with E-state index in [4.69, 9.17) is 0 Å². The third kappa shape index (κ3) is 5.77. The molecule has 7 nitrogen and oxygen atoms in total. The van der Waals surface area contributed by atoms with E-state index in [2.05, 4.69) is 18.7 Å². The first-order valence-corrected chi connectivity index (χ1v) is 11.2. The van der Waals surface area contributed by atoms with E-state index in [1.807, 2.05) is 0 Å². The predicted molar refractivity (Wildman–Crippen MR) is 104 cm³/mol. The molecule has 0 unspecified atom stereocenters. The fourth-order valence-electron chi connectivity index (χ4n) is 3.15. The fraction of sp³-hybridized carbons (Fsp3) is 0.579. The summed E-state index contributed by atoms with van der Waals surface area (Å²) in [5, 5.41) is 0. The lowest BCUT2D eigenvalue weighted by molar-refractivity contribution is -0.133. The van der Waals surface area contributed by atoms with Crippen molar-refractivity contribution < 1.29 is 18.0 Å². The Morgan fingerprint density at radius 3 is 2.19 bits per heavy atom. The highest BCUT2D eigenvalue weighted by molar-refractivity contribution is 7.90. The molecule has 8 heteroatoms. The Hall–Kier alpha value is -1.93. The summed E-state index contributed by atoms with van der Waals surface area (Å²) in [6.07, 6.45) is 1.62. The summed E-state index contributed by atoms with van der Waals surface area (Å²) in [7, 11) is -3.36. The van der Waals surface area contributed by atoms with Crippen molar-refractivity contribution in [3.8, 4) is 0 Å². The molecule has 27 heavy (non-hydrogen) atoms. The number of piperazine rings is 1. The number of benzene rings is 1. The van der Waals surface area contributed by atoms with Gasteiger partial charge in [-0.2, -0.15) is 0 Å². The Bertz CT molecular complexity index is 767. The Labute approximate surface area is 161 Å². The van der Waals surface area contributed by atoms with Gasteiger partial charge in [0.05, 0.1) is 4.90 Å². The van der Waals surface area contributed by atoms with Gasteiger partial charge in [0.1, 0.15) is 0 Å². The fourth-order valence-corrected chi connectivity index (χ4v) is 3.82. The van der Waals surface area contributed by atoms with Gasteiger partial charge in [-0.3, -0.25) is 9.59 Å². The Balaban J connectivity index is 1.92. The van der Waals surface area contributed by atoms with Crippen LogP contribution >= 0.6 is 0 Å². The van der Waals surface area contributed by atoms with Crippen LogP contribution in [-0.2, 0) is 14.6 Å². The summed E-state index contributed by atoms with van der Waals surface area (Å²) >= 11 is 0. The van der Waals surface area contributed by atoms with Crippen molar-refractivity contribution in [2.24, 2.45) is 0 Å². The van der Waals surface area contributed by atoms with Crippen LogP contribution < -0.4 is 0 Å². The SMILES string of the molecule is CCN(CC)CCC(=O)N1CCN(C(=O)c2cccc(S(C)(=O)=O)c2)CC1. The molecule has 2 rings (SSSR count). The molecule has 0 aromatic heterocycles. The number of rotatable bonds is 7. The van der Waals surface area contributed by atoms with Crippen LogP contribution in [0.2, 0.25) is 0 Å². The summed E-state index contributed by atoms with van der Waals surface area (Å²) in [4.78, 5) is 30.9. The lowest BCUT2D eigenvalue weighted by Crippen LogP contribution is -2.51. The first-order valence-electron chi connectivity index (χ1n) is 9.35. The first-order chi connectivity index (χ1) is 12.8. The van der Waals surface area contributed by atoms with Gasteiger partial charge in [0.15, 0.2) is 9.84 Å². The van der Waals surface area contributed by atoms with E-state index in [0.717, 1.165) is 25.9 Å². The van der Waals surface area contributed by atoms with Gasteiger partial charge in [-0.05, 0) is 31.3 Å². The number of amides is 2. The highest BCUT2D eigenvalue weighted by Crippen LogP contribution is 2.15. The molecule has 1 heterocycles. The molecule has 0 aliphatic carbocycles. The summed E-state index contributed by atoms with van der Waals surface area (Å²) in [5.41, 5.74) is 0.360. The topological polar surface area (TPSA) is 78.0 Å². The van der Waals surface area contributed by atoms with Crippen LogP contribution in [0.5, 0.6) is 0 Å². The molecule has 0 saturated carbocycles. The molecule has 1 saturated heterocycles. The second-order valence-electron chi connectivity index (χ2n) is 6.75. The highest BCUT2D eigenvalue weighted by atomic mass is 32.2. The van der Waals surface area contributed by atoms with Gasteiger partial charge in [0.25, 0.3) is 5.91 Å². The van der Waals surface area contributed by atoms with E-state index in [0.29, 0.717) is 38.2 Å². The molecular formula is C19H29N3O4S. The second kappa shape index (κ2) is 9.32. The Kier molecular flexibility index (Phi) is 7.38. The van der Waals surface area contributed by atoms with Gasteiger partial charge in [-0.15, -0.1) is 0 Å². The second-order valence-corrected chi connectivity index (χ2v) is 8.77. The quantitative estimate of drug-likeness (QED) is 0.691. The molecule has 1 aromatic carbocycles. The van der Waals surface area contributed by atoms with E-state index in [-0.39, 0.29) is 16.7 Å². The number of carbonyl (C=O) groups excluding carboxylic acids is 2. The molecule has 0 N–H and O–H groups in total. The van der Waals surface area contributed by atoms with Gasteiger partial charge in [0, 0.05) is 51.0 Å². The molecule has 1 fully saturated rings. The molecule has 0 spiro atoms. The lowest BCUT2D eigenvalue weighted by Gasteiger charge is -2.35. The van der Waals surface area contributed by atoms with Crippen LogP contribution in [0.1, 0.15) is 30.6 Å². The van der Waals surface area contributed by atoms with Crippen LogP contribution in [0, 0.1) is 0 Å². The molecule has 2 amide bonds. The zero-order chi connectivity index (χ0) is 20.0. The Morgan fingerprint density at radius 2 is 1.63 bits per heavy atom. The van der Waals surface area contributed by atoms with Gasteiger partial charge >= 0.3 is 0 Å². The molecule has 1 aromatic rings. The van der Waals surface area contributed by atoms with Crippen LogP contribution in [0.3, 0.4) is 0 Å². The van der Waals surface area contributed by atoms with Crippen molar-refractivity contribution in [3.05, 3.63) is 29.8 Å². The first kappa shape index (κ1) is 21.4. The monoisotopic (exact) mass is 395 g/mol. The third-order valence-corrected chi connectivity index (χ3v) is 6.08. The normalized spacial score (nSPS) is 15.3. The van der Waals surface area contributed by atoms with Crippen LogP contribution in [0.25, 0.3) is 0 Å². The smallest absolute Gasteiger partial charge is 0.254 e. The Morgan fingerprint density at radius 1 is 1.04 bits per heavy atom. The minimum absolute atomic E-state index is 0.119. The largest absolute Gasteiger partial charge is 0.339 e. The maximum absolute atomic E-state index is 12.7. The van der Waals surface area contributed by atoms with Crippen LogP contribution in [-0.4, -0.2) is 87.0 Å². The van der Waals surface area contributed by atoms with Gasteiger partial charge in [-0.1, -0.05) is 19.9 Å². The highest BCUT2D eigenvalue weighted by Gasteiger charge is 2.25. The van der Waals surface area contributed by atoms with Crippen molar-refractivity contribution in [2.75, 3.05) is 52.1 Å². The number of sulfone groups is 1. The predicted octanol–water partition coefficient (Wildman–Crippen LogP) is 1.11. The third-order valence-electron chi connectivity index (χ3n) is 4.97. The zero-order valence-corrected chi connectivity index (χ0v) is 17.2. The molecule has 1 aliphatic heterocycles. The molecule has 150 valence electrons. The summed E-state index contributed by atoms with van der Waals surface area (Å²) in [6.45, 7) is 8.70. The van der Waals surface area contributed by atoms with Crippen molar-refractivity contribution in [3.63, 3.8) is 0 Å². The molecular weight excluding hydrogens is 366 g/mol. The maximum Gasteiger partial charge on any atom is 0.254 e. The number of carbonyl (C=O) groups is 2. The number of hydrogen-bond acceptors (Lipinski definition) is 5. The number of hydrogen-bond donors (Lipinski definition) is 0. The van der Waals surface area contributed by atoms with E-state index in [1.54, 1.807) is 21.9 Å². The van der Waals surface area contributed by atoms with E-state index >= 15 is 0 Å². The zero-order valence-electron chi connectivity index (χ0n) is 16.3.